The minimum atomic E-state index is 0.758. The number of hydrogen-bond donors (Lipinski definition) is 1. The smallest absolute Gasteiger partial charge is 0.0579 e. The normalized spacial score (nSPS) is 10.2. The van der Waals surface area contributed by atoms with E-state index in [1.807, 2.05) is 6.92 Å². The van der Waals surface area contributed by atoms with Crippen molar-refractivity contribution >= 4 is 0 Å². The van der Waals surface area contributed by atoms with Gasteiger partial charge in [0.25, 0.3) is 0 Å². The number of rotatable bonds is 6. The quantitative estimate of drug-likeness (QED) is 0.574. The Kier molecular flexibility index (Phi) is 5.74. The summed E-state index contributed by atoms with van der Waals surface area (Å²) in [6, 6.07) is 4.29. The maximum absolute atomic E-state index is 3.32. The van der Waals surface area contributed by atoms with Gasteiger partial charge in [0.2, 0.25) is 0 Å². The lowest BCUT2D eigenvalue weighted by Gasteiger charge is -2.10. The van der Waals surface area contributed by atoms with Gasteiger partial charge in [-0.15, -0.1) is 5.92 Å². The van der Waals surface area contributed by atoms with Gasteiger partial charge in [0.1, 0.15) is 0 Å². The van der Waals surface area contributed by atoms with Gasteiger partial charge in [0, 0.05) is 25.0 Å². The van der Waals surface area contributed by atoms with E-state index in [9.17, 15) is 0 Å². The zero-order valence-electron chi connectivity index (χ0n) is 10.6. The second kappa shape index (κ2) is 7.14. The van der Waals surface area contributed by atoms with Crippen molar-refractivity contribution in [1.82, 2.24) is 9.88 Å². The maximum Gasteiger partial charge on any atom is 0.0579 e. The Balaban J connectivity index is 2.39. The van der Waals surface area contributed by atoms with Crippen LogP contribution in [0, 0.1) is 17.8 Å². The molecule has 0 spiro atoms. The number of nitrogens with one attached hydrogen (secondary N) is 1. The van der Waals surface area contributed by atoms with Crippen molar-refractivity contribution in [3.05, 3.63) is 24.0 Å². The van der Waals surface area contributed by atoms with Crippen molar-refractivity contribution in [1.29, 1.82) is 0 Å². The minimum Gasteiger partial charge on any atom is -0.350 e. The third-order valence-corrected chi connectivity index (χ3v) is 2.57. The SMILES string of the molecule is CC#CCNCc1cccn1CCC(C)C. The van der Waals surface area contributed by atoms with E-state index in [2.05, 4.69) is 53.9 Å². The molecule has 2 heteroatoms. The molecule has 0 fully saturated rings. The maximum atomic E-state index is 3.32. The Hall–Kier alpha value is -1.20. The molecule has 0 aliphatic carbocycles. The van der Waals surface area contributed by atoms with Gasteiger partial charge >= 0.3 is 0 Å². The number of aromatic nitrogens is 1. The Morgan fingerprint density at radius 1 is 1.44 bits per heavy atom. The molecule has 16 heavy (non-hydrogen) atoms. The minimum absolute atomic E-state index is 0.758. The Morgan fingerprint density at radius 2 is 2.25 bits per heavy atom. The summed E-state index contributed by atoms with van der Waals surface area (Å²) in [5, 5.41) is 3.32. The predicted molar refractivity (Wildman–Crippen MR) is 69.0 cm³/mol. The van der Waals surface area contributed by atoms with Crippen LogP contribution >= 0.6 is 0 Å². The number of nitrogens with zero attached hydrogens (tertiary/aromatic N) is 1. The molecule has 0 amide bonds. The van der Waals surface area contributed by atoms with Gasteiger partial charge < -0.3 is 9.88 Å². The van der Waals surface area contributed by atoms with Gasteiger partial charge in [-0.2, -0.15) is 0 Å². The third kappa shape index (κ3) is 4.55. The number of aryl methyl sites for hydroxylation is 1. The standard InChI is InChI=1S/C14H22N2/c1-4-5-9-15-12-14-7-6-10-16(14)11-8-13(2)3/h6-7,10,13,15H,8-9,11-12H2,1-3H3. The summed E-state index contributed by atoms with van der Waals surface area (Å²) in [5.41, 5.74) is 1.35. The molecule has 1 N–H and O–H groups in total. The van der Waals surface area contributed by atoms with E-state index >= 15 is 0 Å². The fraction of sp³-hybridized carbons (Fsp3) is 0.571. The molecule has 0 saturated carbocycles. The monoisotopic (exact) mass is 218 g/mol. The summed E-state index contributed by atoms with van der Waals surface area (Å²) < 4.78 is 2.33. The van der Waals surface area contributed by atoms with Crippen LogP contribution in [0.3, 0.4) is 0 Å². The van der Waals surface area contributed by atoms with Gasteiger partial charge in [-0.3, -0.25) is 0 Å². The summed E-state index contributed by atoms with van der Waals surface area (Å²) >= 11 is 0. The first-order valence-electron chi connectivity index (χ1n) is 5.98. The average molecular weight is 218 g/mol. The molecule has 1 aromatic heterocycles. The zero-order valence-corrected chi connectivity index (χ0v) is 10.6. The molecule has 0 radical (unpaired) electrons. The van der Waals surface area contributed by atoms with E-state index in [4.69, 9.17) is 0 Å². The van der Waals surface area contributed by atoms with Crippen LogP contribution in [0.1, 0.15) is 32.9 Å². The second-order valence-electron chi connectivity index (χ2n) is 4.41. The van der Waals surface area contributed by atoms with Crippen molar-refractivity contribution in [3.63, 3.8) is 0 Å². The lowest BCUT2D eigenvalue weighted by atomic mass is 10.1. The molecule has 0 unspecified atom stereocenters. The van der Waals surface area contributed by atoms with E-state index in [-0.39, 0.29) is 0 Å². The Labute approximate surface area is 99.0 Å². The Morgan fingerprint density at radius 3 is 2.94 bits per heavy atom. The van der Waals surface area contributed by atoms with Crippen LogP contribution in [0.4, 0.5) is 0 Å². The average Bonchev–Trinajstić information content (AvgIpc) is 2.69. The van der Waals surface area contributed by atoms with Crippen LogP contribution in [-0.2, 0) is 13.1 Å². The topological polar surface area (TPSA) is 17.0 Å². The van der Waals surface area contributed by atoms with E-state index < -0.39 is 0 Å². The van der Waals surface area contributed by atoms with Crippen LogP contribution in [0.25, 0.3) is 0 Å². The molecule has 0 saturated heterocycles. The molecule has 88 valence electrons. The van der Waals surface area contributed by atoms with Gasteiger partial charge in [0.05, 0.1) is 6.54 Å². The largest absolute Gasteiger partial charge is 0.350 e. The molecule has 1 rings (SSSR count). The first-order valence-corrected chi connectivity index (χ1v) is 5.98. The van der Waals surface area contributed by atoms with Crippen LogP contribution < -0.4 is 5.32 Å². The van der Waals surface area contributed by atoms with Crippen molar-refractivity contribution < 1.29 is 0 Å². The fourth-order valence-electron chi connectivity index (χ4n) is 1.57. The molecule has 1 aromatic rings. The number of hydrogen-bond acceptors (Lipinski definition) is 1. The predicted octanol–water partition coefficient (Wildman–Crippen LogP) is 2.65. The lowest BCUT2D eigenvalue weighted by molar-refractivity contribution is 0.503. The van der Waals surface area contributed by atoms with Crippen molar-refractivity contribution in [2.24, 2.45) is 5.92 Å². The van der Waals surface area contributed by atoms with E-state index in [1.165, 1.54) is 12.1 Å². The van der Waals surface area contributed by atoms with Gasteiger partial charge in [-0.25, -0.2) is 0 Å². The van der Waals surface area contributed by atoms with E-state index in [0.29, 0.717) is 0 Å². The van der Waals surface area contributed by atoms with Crippen LogP contribution in [-0.4, -0.2) is 11.1 Å². The molecule has 0 aromatic carbocycles. The molecule has 0 bridgehead atoms. The van der Waals surface area contributed by atoms with Crippen molar-refractivity contribution in [2.75, 3.05) is 6.54 Å². The van der Waals surface area contributed by atoms with Gasteiger partial charge in [-0.05, 0) is 31.4 Å². The molecule has 2 nitrogen and oxygen atoms in total. The molecule has 0 aliphatic heterocycles. The highest BCUT2D eigenvalue weighted by atomic mass is 15.0. The highest BCUT2D eigenvalue weighted by Crippen LogP contribution is 2.07. The molecule has 0 atom stereocenters. The third-order valence-electron chi connectivity index (χ3n) is 2.57. The van der Waals surface area contributed by atoms with Crippen molar-refractivity contribution in [2.45, 2.75) is 40.3 Å². The first kappa shape index (κ1) is 12.9. The summed E-state index contributed by atoms with van der Waals surface area (Å²) in [4.78, 5) is 0. The molecule has 1 heterocycles. The lowest BCUT2D eigenvalue weighted by Crippen LogP contribution is -2.16. The highest BCUT2D eigenvalue weighted by Gasteiger charge is 2.01. The van der Waals surface area contributed by atoms with E-state index in [1.54, 1.807) is 0 Å². The van der Waals surface area contributed by atoms with Crippen molar-refractivity contribution in [3.8, 4) is 11.8 Å². The van der Waals surface area contributed by atoms with Crippen LogP contribution in [0.5, 0.6) is 0 Å². The van der Waals surface area contributed by atoms with Crippen LogP contribution in [0.15, 0.2) is 18.3 Å². The first-order chi connectivity index (χ1) is 7.74. The summed E-state index contributed by atoms with van der Waals surface area (Å²) in [6.45, 7) is 9.18. The summed E-state index contributed by atoms with van der Waals surface area (Å²) in [6.07, 6.45) is 3.39. The molecular weight excluding hydrogens is 196 g/mol. The molecular formula is C14H22N2. The van der Waals surface area contributed by atoms with E-state index in [0.717, 1.165) is 25.6 Å². The summed E-state index contributed by atoms with van der Waals surface area (Å²) in [7, 11) is 0. The molecule has 0 aliphatic rings. The van der Waals surface area contributed by atoms with Gasteiger partial charge in [-0.1, -0.05) is 19.8 Å². The van der Waals surface area contributed by atoms with Gasteiger partial charge in [0.15, 0.2) is 0 Å². The zero-order chi connectivity index (χ0) is 11.8. The highest BCUT2D eigenvalue weighted by molar-refractivity contribution is 5.07. The summed E-state index contributed by atoms with van der Waals surface area (Å²) in [5.74, 6) is 6.65. The van der Waals surface area contributed by atoms with Crippen LogP contribution in [0.2, 0.25) is 0 Å². The fourth-order valence-corrected chi connectivity index (χ4v) is 1.57. The second-order valence-corrected chi connectivity index (χ2v) is 4.41. The Bertz CT molecular complexity index is 352.